The summed E-state index contributed by atoms with van der Waals surface area (Å²) < 4.78 is 37.1. The number of aliphatic hydroxyl groups excluding tert-OH is 3. The van der Waals surface area contributed by atoms with Gasteiger partial charge in [0.05, 0.1) is 4.90 Å². The lowest BCUT2D eigenvalue weighted by Gasteiger charge is -2.42. The van der Waals surface area contributed by atoms with E-state index in [-0.39, 0.29) is 16.5 Å². The van der Waals surface area contributed by atoms with Crippen molar-refractivity contribution in [2.45, 2.75) is 42.5 Å². The van der Waals surface area contributed by atoms with Crippen molar-refractivity contribution in [2.24, 2.45) is 0 Å². The number of anilines is 2. The SMILES string of the molecule is Cc1cc(N([C@@H]2O[C@H](C(=O)O)[C@@H](O)[C@H](O)[C@H]2O)S(=O)(=O)c2ccc(N)cc2)no1. The average Bonchev–Trinajstić information content (AvgIpc) is 3.07. The highest BCUT2D eigenvalue weighted by atomic mass is 32.2. The Kier molecular flexibility index (Phi) is 5.51. The topological polar surface area (TPSA) is 197 Å². The summed E-state index contributed by atoms with van der Waals surface area (Å²) in [5.74, 6) is -1.76. The number of hydrogen-bond donors (Lipinski definition) is 5. The van der Waals surface area contributed by atoms with E-state index in [0.717, 1.165) is 0 Å². The van der Waals surface area contributed by atoms with Crippen molar-refractivity contribution < 1.29 is 42.9 Å². The van der Waals surface area contributed by atoms with E-state index >= 15 is 0 Å². The molecule has 6 N–H and O–H groups in total. The van der Waals surface area contributed by atoms with Crippen LogP contribution in [0.15, 0.2) is 39.8 Å². The Hall–Kier alpha value is -2.71. The van der Waals surface area contributed by atoms with Gasteiger partial charge in [0, 0.05) is 11.8 Å². The van der Waals surface area contributed by atoms with Crippen LogP contribution in [0.1, 0.15) is 5.76 Å². The van der Waals surface area contributed by atoms with Gasteiger partial charge >= 0.3 is 5.97 Å². The molecule has 0 amide bonds. The number of rotatable bonds is 5. The minimum absolute atomic E-state index is 0.221. The lowest BCUT2D eigenvalue weighted by Crippen LogP contribution is -2.65. The summed E-state index contributed by atoms with van der Waals surface area (Å²) in [5, 5.41) is 43.2. The van der Waals surface area contributed by atoms with Gasteiger partial charge in [0.1, 0.15) is 24.1 Å². The standard InChI is InChI=1S/C16H19N3O9S/c1-7-6-10(18-28-7)19(29(25,26)9-4-2-8(17)3-5-9)15-13(22)11(20)12(21)14(27-15)16(23)24/h2-6,11-15,20-22H,17H2,1H3,(H,23,24)/t11-,12-,13+,14-,15+/m0/s1. The summed E-state index contributed by atoms with van der Waals surface area (Å²) in [4.78, 5) is 11.1. The van der Waals surface area contributed by atoms with E-state index in [1.54, 1.807) is 0 Å². The number of nitrogen functional groups attached to an aromatic ring is 1. The van der Waals surface area contributed by atoms with Crippen LogP contribution in [0.25, 0.3) is 0 Å². The van der Waals surface area contributed by atoms with Gasteiger partial charge in [-0.1, -0.05) is 5.16 Å². The molecule has 1 saturated heterocycles. The lowest BCUT2D eigenvalue weighted by atomic mass is 9.98. The third-order valence-corrected chi connectivity index (χ3v) is 6.12. The van der Waals surface area contributed by atoms with Crippen LogP contribution < -0.4 is 10.0 Å². The fourth-order valence-corrected chi connectivity index (χ4v) is 4.35. The highest BCUT2D eigenvalue weighted by Crippen LogP contribution is 2.32. The number of benzene rings is 1. The Bertz CT molecular complexity index is 991. The second-order valence-electron chi connectivity index (χ2n) is 6.42. The molecule has 0 aliphatic carbocycles. The van der Waals surface area contributed by atoms with Crippen LogP contribution >= 0.6 is 0 Å². The van der Waals surface area contributed by atoms with Gasteiger partial charge in [-0.05, 0) is 31.2 Å². The first-order chi connectivity index (χ1) is 13.5. The van der Waals surface area contributed by atoms with Crippen molar-refractivity contribution >= 4 is 27.5 Å². The molecule has 3 rings (SSSR count). The number of aliphatic hydroxyl groups is 3. The third kappa shape index (κ3) is 3.77. The molecule has 2 heterocycles. The van der Waals surface area contributed by atoms with E-state index in [9.17, 15) is 33.6 Å². The van der Waals surface area contributed by atoms with E-state index in [4.69, 9.17) is 15.0 Å². The van der Waals surface area contributed by atoms with Crippen LogP contribution in [0, 0.1) is 6.92 Å². The Morgan fingerprint density at radius 2 is 1.76 bits per heavy atom. The normalized spacial score (nSPS) is 27.5. The van der Waals surface area contributed by atoms with Gasteiger partial charge in [0.25, 0.3) is 10.0 Å². The number of ether oxygens (including phenoxy) is 1. The van der Waals surface area contributed by atoms with E-state index < -0.39 is 46.6 Å². The second-order valence-corrected chi connectivity index (χ2v) is 8.24. The largest absolute Gasteiger partial charge is 0.479 e. The van der Waals surface area contributed by atoms with Crippen molar-refractivity contribution in [3.05, 3.63) is 36.1 Å². The molecule has 0 unspecified atom stereocenters. The zero-order valence-electron chi connectivity index (χ0n) is 15.0. The van der Waals surface area contributed by atoms with Crippen molar-refractivity contribution in [3.63, 3.8) is 0 Å². The lowest BCUT2D eigenvalue weighted by molar-refractivity contribution is -0.224. The maximum Gasteiger partial charge on any atom is 0.335 e. The van der Waals surface area contributed by atoms with Gasteiger partial charge in [0.2, 0.25) is 0 Å². The zero-order valence-corrected chi connectivity index (χ0v) is 15.8. The summed E-state index contributed by atoms with van der Waals surface area (Å²) in [5.41, 5.74) is 5.88. The molecule has 0 bridgehead atoms. The first kappa shape index (κ1) is 21.0. The Morgan fingerprint density at radius 3 is 2.28 bits per heavy atom. The predicted molar refractivity (Wildman–Crippen MR) is 96.1 cm³/mol. The number of aryl methyl sites for hydroxylation is 1. The second kappa shape index (κ2) is 7.61. The summed E-state index contributed by atoms with van der Waals surface area (Å²) in [7, 11) is -4.50. The van der Waals surface area contributed by atoms with E-state index in [2.05, 4.69) is 5.16 Å². The summed E-state index contributed by atoms with van der Waals surface area (Å²) in [6.45, 7) is 1.49. The van der Waals surface area contributed by atoms with Crippen molar-refractivity contribution in [2.75, 3.05) is 10.0 Å². The third-order valence-electron chi connectivity index (χ3n) is 4.34. The number of hydrogen-bond acceptors (Lipinski definition) is 10. The number of nitrogens with two attached hydrogens (primary N) is 1. The quantitative estimate of drug-likeness (QED) is 0.352. The van der Waals surface area contributed by atoms with Gasteiger partial charge in [-0.2, -0.15) is 0 Å². The predicted octanol–water partition coefficient (Wildman–Crippen LogP) is -1.35. The molecule has 158 valence electrons. The minimum atomic E-state index is -4.50. The minimum Gasteiger partial charge on any atom is -0.479 e. The number of nitrogens with zero attached hydrogens (tertiary/aromatic N) is 2. The first-order valence-corrected chi connectivity index (χ1v) is 9.74. The molecule has 12 nitrogen and oxygen atoms in total. The van der Waals surface area contributed by atoms with Crippen molar-refractivity contribution in [1.82, 2.24) is 5.16 Å². The van der Waals surface area contributed by atoms with Crippen LogP contribution in [0.2, 0.25) is 0 Å². The average molecular weight is 429 g/mol. The molecule has 1 aromatic heterocycles. The number of carboxylic acid groups (broad SMARTS) is 1. The maximum atomic E-state index is 13.3. The number of aromatic nitrogens is 1. The van der Waals surface area contributed by atoms with Gasteiger partial charge < -0.3 is 35.4 Å². The summed E-state index contributed by atoms with van der Waals surface area (Å²) in [6.07, 6.45) is -9.93. The molecule has 1 aliphatic rings. The molecular formula is C16H19N3O9S. The Labute approximate surface area is 164 Å². The van der Waals surface area contributed by atoms with Gasteiger partial charge in [0.15, 0.2) is 18.1 Å². The molecule has 5 atom stereocenters. The number of carboxylic acids is 1. The molecule has 0 radical (unpaired) electrons. The van der Waals surface area contributed by atoms with Crippen LogP contribution in [0.3, 0.4) is 0 Å². The smallest absolute Gasteiger partial charge is 0.335 e. The molecule has 0 spiro atoms. The van der Waals surface area contributed by atoms with Crippen LogP contribution in [-0.2, 0) is 19.6 Å². The highest BCUT2D eigenvalue weighted by molar-refractivity contribution is 7.92. The number of aliphatic carboxylic acids is 1. The van der Waals surface area contributed by atoms with Crippen LogP contribution in [0.4, 0.5) is 11.5 Å². The molecule has 13 heteroatoms. The zero-order chi connectivity index (χ0) is 21.5. The van der Waals surface area contributed by atoms with Gasteiger partial charge in [-0.25, -0.2) is 17.5 Å². The Morgan fingerprint density at radius 1 is 1.14 bits per heavy atom. The van der Waals surface area contributed by atoms with Crippen molar-refractivity contribution in [3.8, 4) is 0 Å². The van der Waals surface area contributed by atoms with Crippen molar-refractivity contribution in [1.29, 1.82) is 0 Å². The summed E-state index contributed by atoms with van der Waals surface area (Å²) in [6, 6.07) is 6.27. The maximum absolute atomic E-state index is 13.3. The molecule has 2 aromatic rings. The van der Waals surface area contributed by atoms with E-state index in [0.29, 0.717) is 9.99 Å². The summed E-state index contributed by atoms with van der Waals surface area (Å²) >= 11 is 0. The molecular weight excluding hydrogens is 410 g/mol. The molecule has 1 aromatic carbocycles. The number of sulfonamides is 1. The molecule has 0 saturated carbocycles. The molecule has 1 aliphatic heterocycles. The van der Waals surface area contributed by atoms with Crippen LogP contribution in [-0.4, -0.2) is 70.6 Å². The number of carbonyl (C=O) groups is 1. The fourth-order valence-electron chi connectivity index (χ4n) is 2.86. The Balaban J connectivity index is 2.13. The van der Waals surface area contributed by atoms with E-state index in [1.807, 2.05) is 0 Å². The fraction of sp³-hybridized carbons (Fsp3) is 0.375. The highest BCUT2D eigenvalue weighted by Gasteiger charge is 2.52. The monoisotopic (exact) mass is 429 g/mol. The van der Waals surface area contributed by atoms with E-state index in [1.165, 1.54) is 37.3 Å². The molecule has 29 heavy (non-hydrogen) atoms. The van der Waals surface area contributed by atoms with Crippen LogP contribution in [0.5, 0.6) is 0 Å². The first-order valence-electron chi connectivity index (χ1n) is 8.30. The molecule has 1 fully saturated rings. The van der Waals surface area contributed by atoms with Gasteiger partial charge in [-0.15, -0.1) is 0 Å². The van der Waals surface area contributed by atoms with Gasteiger partial charge in [-0.3, -0.25) is 0 Å².